The second kappa shape index (κ2) is 7.18. The first-order chi connectivity index (χ1) is 10.2. The smallest absolute Gasteiger partial charge is 0.312 e. The molecule has 1 unspecified atom stereocenters. The zero-order chi connectivity index (χ0) is 15.1. The zero-order valence-electron chi connectivity index (χ0n) is 11.3. The molecule has 1 amide bonds. The van der Waals surface area contributed by atoms with E-state index in [1.54, 1.807) is 28.9 Å². The van der Waals surface area contributed by atoms with Crippen LogP contribution in [0, 0.1) is 0 Å². The maximum Gasteiger partial charge on any atom is 0.312 e. The fourth-order valence-electron chi connectivity index (χ4n) is 1.90. The summed E-state index contributed by atoms with van der Waals surface area (Å²) in [5.41, 5.74) is 0.668. The van der Waals surface area contributed by atoms with Crippen molar-refractivity contribution < 1.29 is 14.7 Å². The van der Waals surface area contributed by atoms with Crippen molar-refractivity contribution in [3.63, 3.8) is 0 Å². The Hall–Kier alpha value is -2.70. The number of carbonyl (C=O) groups excluding carboxylic acids is 1. The summed E-state index contributed by atoms with van der Waals surface area (Å²) < 4.78 is 1.55. The van der Waals surface area contributed by atoms with E-state index in [2.05, 4.69) is 15.4 Å². The van der Waals surface area contributed by atoms with Gasteiger partial charge in [-0.15, -0.1) is 0 Å². The van der Waals surface area contributed by atoms with Gasteiger partial charge in [0.25, 0.3) is 0 Å². The van der Waals surface area contributed by atoms with Crippen LogP contribution in [-0.4, -0.2) is 38.3 Å². The molecule has 0 aliphatic rings. The van der Waals surface area contributed by atoms with Gasteiger partial charge in [0.1, 0.15) is 12.7 Å². The monoisotopic (exact) mass is 288 g/mol. The molecule has 1 aromatic heterocycles. The van der Waals surface area contributed by atoms with E-state index in [0.717, 1.165) is 0 Å². The molecule has 0 spiro atoms. The van der Waals surface area contributed by atoms with Crippen molar-refractivity contribution in [3.8, 4) is 0 Å². The molecule has 2 N–H and O–H groups in total. The van der Waals surface area contributed by atoms with Gasteiger partial charge in [-0.1, -0.05) is 30.3 Å². The van der Waals surface area contributed by atoms with Crippen LogP contribution in [0.5, 0.6) is 0 Å². The molecule has 0 radical (unpaired) electrons. The number of benzene rings is 1. The average molecular weight is 288 g/mol. The fraction of sp³-hybridized carbons (Fsp3) is 0.286. The molecule has 1 aromatic carbocycles. The van der Waals surface area contributed by atoms with Crippen LogP contribution in [0.2, 0.25) is 0 Å². The molecule has 7 nitrogen and oxygen atoms in total. The van der Waals surface area contributed by atoms with E-state index in [1.807, 2.05) is 6.07 Å². The molecular weight excluding hydrogens is 272 g/mol. The molecule has 0 fully saturated rings. The highest BCUT2D eigenvalue weighted by atomic mass is 16.4. The molecule has 7 heteroatoms. The third-order valence-corrected chi connectivity index (χ3v) is 3.04. The topological polar surface area (TPSA) is 97.1 Å². The maximum atomic E-state index is 11.7. The summed E-state index contributed by atoms with van der Waals surface area (Å²) in [5, 5.41) is 15.8. The maximum absolute atomic E-state index is 11.7. The van der Waals surface area contributed by atoms with Crippen molar-refractivity contribution >= 4 is 11.9 Å². The molecule has 0 saturated carbocycles. The Morgan fingerprint density at radius 1 is 1.29 bits per heavy atom. The van der Waals surface area contributed by atoms with Crippen LogP contribution >= 0.6 is 0 Å². The highest BCUT2D eigenvalue weighted by Crippen LogP contribution is 2.14. The summed E-state index contributed by atoms with van der Waals surface area (Å²) >= 11 is 0. The molecule has 0 aliphatic heterocycles. The summed E-state index contributed by atoms with van der Waals surface area (Å²) in [6.07, 6.45) is 3.15. The first-order valence-electron chi connectivity index (χ1n) is 6.53. The number of hydrogen-bond acceptors (Lipinski definition) is 4. The molecule has 110 valence electrons. The Balaban J connectivity index is 1.84. The van der Waals surface area contributed by atoms with E-state index in [0.29, 0.717) is 12.1 Å². The number of rotatable bonds is 7. The minimum atomic E-state index is -0.960. The molecular formula is C14H16N4O3. The van der Waals surface area contributed by atoms with Crippen LogP contribution in [0.15, 0.2) is 43.0 Å². The SMILES string of the molecule is O=C(CCn1cncn1)NCC(C(=O)O)c1ccccc1. The average Bonchev–Trinajstić information content (AvgIpc) is 2.99. The number of carboxylic acids is 1. The van der Waals surface area contributed by atoms with Gasteiger partial charge in [-0.3, -0.25) is 14.3 Å². The molecule has 0 saturated heterocycles. The second-order valence-corrected chi connectivity index (χ2v) is 4.51. The van der Waals surface area contributed by atoms with Gasteiger partial charge in [0.2, 0.25) is 5.91 Å². The predicted molar refractivity (Wildman–Crippen MR) is 74.5 cm³/mol. The number of aryl methyl sites for hydroxylation is 1. The van der Waals surface area contributed by atoms with Gasteiger partial charge in [-0.25, -0.2) is 4.98 Å². The van der Waals surface area contributed by atoms with Gasteiger partial charge in [0, 0.05) is 13.0 Å². The van der Waals surface area contributed by atoms with Gasteiger partial charge in [-0.2, -0.15) is 5.10 Å². The number of nitrogens with one attached hydrogen (secondary N) is 1. The normalized spacial score (nSPS) is 11.8. The number of amides is 1. The first-order valence-corrected chi connectivity index (χ1v) is 6.53. The first kappa shape index (κ1) is 14.7. The number of aliphatic carboxylic acids is 1. The molecule has 1 heterocycles. The van der Waals surface area contributed by atoms with E-state index in [1.165, 1.54) is 12.7 Å². The molecule has 21 heavy (non-hydrogen) atoms. The Kier molecular flexibility index (Phi) is 5.03. The van der Waals surface area contributed by atoms with Crippen LogP contribution < -0.4 is 5.32 Å². The predicted octanol–water partition coefficient (Wildman–Crippen LogP) is 0.653. The minimum Gasteiger partial charge on any atom is -0.481 e. The number of hydrogen-bond donors (Lipinski definition) is 2. The summed E-state index contributed by atoms with van der Waals surface area (Å²) in [6.45, 7) is 0.477. The molecule has 0 aliphatic carbocycles. The summed E-state index contributed by atoms with van der Waals surface area (Å²) in [6, 6.07) is 8.84. The Morgan fingerprint density at radius 3 is 2.67 bits per heavy atom. The van der Waals surface area contributed by atoms with Crippen molar-refractivity contribution in [2.24, 2.45) is 0 Å². The number of nitrogens with zero attached hydrogens (tertiary/aromatic N) is 3. The van der Waals surface area contributed by atoms with Crippen molar-refractivity contribution in [3.05, 3.63) is 48.5 Å². The lowest BCUT2D eigenvalue weighted by Gasteiger charge is -2.13. The van der Waals surface area contributed by atoms with E-state index in [-0.39, 0.29) is 18.9 Å². The molecule has 0 bridgehead atoms. The van der Waals surface area contributed by atoms with Crippen molar-refractivity contribution in [1.29, 1.82) is 0 Å². The Bertz CT molecular complexity index is 584. The van der Waals surface area contributed by atoms with E-state index in [9.17, 15) is 14.7 Å². The molecule has 2 rings (SSSR count). The molecule has 1 atom stereocenters. The van der Waals surface area contributed by atoms with Gasteiger partial charge in [0.15, 0.2) is 0 Å². The number of aromatic nitrogens is 3. The van der Waals surface area contributed by atoms with Gasteiger partial charge in [0.05, 0.1) is 12.5 Å². The minimum absolute atomic E-state index is 0.0650. The fourth-order valence-corrected chi connectivity index (χ4v) is 1.90. The second-order valence-electron chi connectivity index (χ2n) is 4.51. The van der Waals surface area contributed by atoms with Crippen molar-refractivity contribution in [2.45, 2.75) is 18.9 Å². The van der Waals surface area contributed by atoms with Crippen LogP contribution in [0.3, 0.4) is 0 Å². The van der Waals surface area contributed by atoms with E-state index in [4.69, 9.17) is 0 Å². The van der Waals surface area contributed by atoms with Crippen LogP contribution in [0.1, 0.15) is 17.9 Å². The zero-order valence-corrected chi connectivity index (χ0v) is 11.3. The van der Waals surface area contributed by atoms with E-state index < -0.39 is 11.9 Å². The summed E-state index contributed by atoms with van der Waals surface area (Å²) in [5.74, 6) is -1.92. The highest BCUT2D eigenvalue weighted by molar-refractivity contribution is 5.79. The van der Waals surface area contributed by atoms with Gasteiger partial charge >= 0.3 is 5.97 Å². The lowest BCUT2D eigenvalue weighted by Crippen LogP contribution is -2.32. The third kappa shape index (κ3) is 4.41. The van der Waals surface area contributed by atoms with Gasteiger partial charge in [-0.05, 0) is 5.56 Å². The van der Waals surface area contributed by atoms with E-state index >= 15 is 0 Å². The lowest BCUT2D eigenvalue weighted by atomic mass is 9.99. The Labute approximate surface area is 121 Å². The van der Waals surface area contributed by atoms with Crippen molar-refractivity contribution in [1.82, 2.24) is 20.1 Å². The van der Waals surface area contributed by atoms with Crippen LogP contribution in [-0.2, 0) is 16.1 Å². The molecule has 2 aromatic rings. The standard InChI is InChI=1S/C14H16N4O3/c19-13(6-7-18-10-15-9-17-18)16-8-12(14(20)21)11-4-2-1-3-5-11/h1-5,9-10,12H,6-8H2,(H,16,19)(H,20,21). The summed E-state index contributed by atoms with van der Waals surface area (Å²) in [7, 11) is 0. The third-order valence-electron chi connectivity index (χ3n) is 3.04. The van der Waals surface area contributed by atoms with Crippen LogP contribution in [0.25, 0.3) is 0 Å². The Morgan fingerprint density at radius 2 is 2.05 bits per heavy atom. The highest BCUT2D eigenvalue weighted by Gasteiger charge is 2.20. The summed E-state index contributed by atoms with van der Waals surface area (Å²) in [4.78, 5) is 26.8. The number of carboxylic acid groups (broad SMARTS) is 1. The quantitative estimate of drug-likeness (QED) is 0.779. The van der Waals surface area contributed by atoms with Crippen LogP contribution in [0.4, 0.5) is 0 Å². The lowest BCUT2D eigenvalue weighted by molar-refractivity contribution is -0.138. The number of carbonyl (C=O) groups is 2. The van der Waals surface area contributed by atoms with Gasteiger partial charge < -0.3 is 10.4 Å². The largest absolute Gasteiger partial charge is 0.481 e. The van der Waals surface area contributed by atoms with Crippen molar-refractivity contribution in [2.75, 3.05) is 6.54 Å².